The first-order valence-corrected chi connectivity index (χ1v) is 14.2. The lowest BCUT2D eigenvalue weighted by atomic mass is 9.94. The standard InChI is InChI=1S/C31H36N2O3S/c1-24-13-17-26(18-14-24)23-36-22-21-32-30(27-9-5-3-6-10-27)31(28-11-7-4-8-12-28)33-37(34,35)29-19-15-25(2)16-20-29/h3-13,15-16,18-20,30-33H,14,17,21-23H2,1-2H3/t30-,31-/m1/s1. The molecule has 0 heterocycles. The monoisotopic (exact) mass is 516 g/mol. The van der Waals surface area contributed by atoms with Crippen LogP contribution in [-0.2, 0) is 14.8 Å². The predicted molar refractivity (Wildman–Crippen MR) is 150 cm³/mol. The molecule has 4 rings (SSSR count). The molecule has 0 saturated carbocycles. The van der Waals surface area contributed by atoms with E-state index < -0.39 is 16.1 Å². The number of nitrogens with one attached hydrogen (secondary N) is 2. The van der Waals surface area contributed by atoms with Crippen molar-refractivity contribution in [3.8, 4) is 0 Å². The van der Waals surface area contributed by atoms with Gasteiger partial charge in [-0.25, -0.2) is 13.1 Å². The highest BCUT2D eigenvalue weighted by Crippen LogP contribution is 2.31. The van der Waals surface area contributed by atoms with E-state index in [-0.39, 0.29) is 10.9 Å². The average Bonchev–Trinajstić information content (AvgIpc) is 2.92. The Balaban J connectivity index is 1.53. The smallest absolute Gasteiger partial charge is 0.241 e. The van der Waals surface area contributed by atoms with Gasteiger partial charge in [0.2, 0.25) is 10.0 Å². The van der Waals surface area contributed by atoms with Gasteiger partial charge in [0, 0.05) is 6.54 Å². The summed E-state index contributed by atoms with van der Waals surface area (Å²) in [6.07, 6.45) is 6.45. The van der Waals surface area contributed by atoms with E-state index in [0.717, 1.165) is 29.5 Å². The van der Waals surface area contributed by atoms with Gasteiger partial charge in [0.15, 0.2) is 0 Å². The maximum Gasteiger partial charge on any atom is 0.241 e. The van der Waals surface area contributed by atoms with Gasteiger partial charge < -0.3 is 10.1 Å². The van der Waals surface area contributed by atoms with Crippen LogP contribution in [0.25, 0.3) is 0 Å². The zero-order chi connectivity index (χ0) is 26.1. The van der Waals surface area contributed by atoms with Crippen molar-refractivity contribution in [3.05, 3.63) is 125 Å². The molecule has 0 aliphatic heterocycles. The lowest BCUT2D eigenvalue weighted by Crippen LogP contribution is -2.39. The van der Waals surface area contributed by atoms with Gasteiger partial charge in [0.1, 0.15) is 0 Å². The summed E-state index contributed by atoms with van der Waals surface area (Å²) in [5.41, 5.74) is 5.60. The molecule has 6 heteroatoms. The van der Waals surface area contributed by atoms with Gasteiger partial charge in [-0.15, -0.1) is 0 Å². The number of hydrogen-bond acceptors (Lipinski definition) is 4. The molecule has 3 aromatic rings. The Labute approximate surface area is 221 Å². The van der Waals surface area contributed by atoms with E-state index in [9.17, 15) is 8.42 Å². The Kier molecular flexibility index (Phi) is 9.47. The Hall–Kier alpha value is -3.03. The number of hydrogen-bond donors (Lipinski definition) is 2. The molecule has 2 atom stereocenters. The molecule has 0 spiro atoms. The third-order valence-electron chi connectivity index (χ3n) is 6.59. The van der Waals surface area contributed by atoms with Crippen LogP contribution in [0.3, 0.4) is 0 Å². The van der Waals surface area contributed by atoms with Gasteiger partial charge in [-0.2, -0.15) is 0 Å². The van der Waals surface area contributed by atoms with E-state index in [4.69, 9.17) is 4.74 Å². The van der Waals surface area contributed by atoms with E-state index in [1.54, 1.807) is 12.1 Å². The maximum absolute atomic E-state index is 13.5. The summed E-state index contributed by atoms with van der Waals surface area (Å²) >= 11 is 0. The average molecular weight is 517 g/mol. The predicted octanol–water partition coefficient (Wildman–Crippen LogP) is 6.03. The zero-order valence-electron chi connectivity index (χ0n) is 21.6. The second kappa shape index (κ2) is 13.0. The molecule has 0 unspecified atom stereocenters. The fourth-order valence-electron chi connectivity index (χ4n) is 4.42. The molecule has 194 valence electrons. The molecule has 0 radical (unpaired) electrons. The second-order valence-corrected chi connectivity index (χ2v) is 11.3. The molecule has 0 amide bonds. The largest absolute Gasteiger partial charge is 0.376 e. The Morgan fingerprint density at radius 3 is 2.00 bits per heavy atom. The lowest BCUT2D eigenvalue weighted by Gasteiger charge is -2.30. The summed E-state index contributed by atoms with van der Waals surface area (Å²) in [7, 11) is -3.77. The Morgan fingerprint density at radius 2 is 1.41 bits per heavy atom. The van der Waals surface area contributed by atoms with Crippen LogP contribution in [-0.4, -0.2) is 28.2 Å². The highest BCUT2D eigenvalue weighted by atomic mass is 32.2. The van der Waals surface area contributed by atoms with Crippen molar-refractivity contribution in [2.45, 2.75) is 43.7 Å². The number of ether oxygens (including phenoxy) is 1. The first-order chi connectivity index (χ1) is 17.9. The summed E-state index contributed by atoms with van der Waals surface area (Å²) < 4.78 is 35.9. The quantitative estimate of drug-likeness (QED) is 0.228. The van der Waals surface area contributed by atoms with Crippen LogP contribution in [0.15, 0.2) is 113 Å². The van der Waals surface area contributed by atoms with Crippen molar-refractivity contribution < 1.29 is 13.2 Å². The van der Waals surface area contributed by atoms with Gasteiger partial charge >= 0.3 is 0 Å². The molecule has 1 aliphatic carbocycles. The number of rotatable bonds is 12. The summed E-state index contributed by atoms with van der Waals surface area (Å²) in [5.74, 6) is 0. The molecule has 3 aromatic carbocycles. The first-order valence-electron chi connectivity index (χ1n) is 12.8. The molecule has 0 aromatic heterocycles. The Morgan fingerprint density at radius 1 is 0.784 bits per heavy atom. The molecule has 1 aliphatic rings. The molecule has 0 saturated heterocycles. The second-order valence-electron chi connectivity index (χ2n) is 9.54. The highest BCUT2D eigenvalue weighted by molar-refractivity contribution is 7.89. The minimum absolute atomic E-state index is 0.249. The molecule has 0 fully saturated rings. The SMILES string of the molecule is CC1=CCC(COCCN[C@H](c2ccccc2)[C@H](NS(=O)(=O)c2ccc(C)cc2)c2ccccc2)=CC1. The fourth-order valence-corrected chi connectivity index (χ4v) is 5.65. The molecular weight excluding hydrogens is 480 g/mol. The van der Waals surface area contributed by atoms with Crippen molar-refractivity contribution in [1.82, 2.24) is 10.0 Å². The summed E-state index contributed by atoms with van der Waals surface area (Å²) in [5, 5.41) is 3.58. The van der Waals surface area contributed by atoms with Gasteiger partial charge in [0.25, 0.3) is 0 Å². The van der Waals surface area contributed by atoms with Crippen molar-refractivity contribution in [1.29, 1.82) is 0 Å². The zero-order valence-corrected chi connectivity index (χ0v) is 22.4. The topological polar surface area (TPSA) is 67.4 Å². The first kappa shape index (κ1) is 27.0. The van der Waals surface area contributed by atoms with E-state index >= 15 is 0 Å². The lowest BCUT2D eigenvalue weighted by molar-refractivity contribution is 0.152. The normalized spacial score (nSPS) is 15.5. The minimum atomic E-state index is -3.77. The van der Waals surface area contributed by atoms with Gasteiger partial charge in [-0.05, 0) is 55.5 Å². The van der Waals surface area contributed by atoms with Crippen molar-refractivity contribution in [2.24, 2.45) is 0 Å². The third-order valence-corrected chi connectivity index (χ3v) is 8.04. The maximum atomic E-state index is 13.5. The van der Waals surface area contributed by atoms with E-state index in [1.165, 1.54) is 11.1 Å². The Bertz CT molecular complexity index is 1300. The minimum Gasteiger partial charge on any atom is -0.376 e. The van der Waals surface area contributed by atoms with Crippen LogP contribution in [0.2, 0.25) is 0 Å². The summed E-state index contributed by atoms with van der Waals surface area (Å²) in [6, 6.07) is 25.8. The van der Waals surface area contributed by atoms with E-state index in [0.29, 0.717) is 19.8 Å². The van der Waals surface area contributed by atoms with E-state index in [1.807, 2.05) is 79.7 Å². The van der Waals surface area contributed by atoms with Crippen molar-refractivity contribution in [2.75, 3.05) is 19.8 Å². The number of allylic oxidation sites excluding steroid dienone is 3. The van der Waals surface area contributed by atoms with Gasteiger partial charge in [0.05, 0.1) is 30.2 Å². The third kappa shape index (κ3) is 7.73. The number of aryl methyl sites for hydroxylation is 1. The van der Waals surface area contributed by atoms with Gasteiger partial charge in [-0.1, -0.05) is 96.1 Å². The molecule has 5 nitrogen and oxygen atoms in total. The number of benzene rings is 3. The fraction of sp³-hybridized carbons (Fsp3) is 0.290. The summed E-state index contributed by atoms with van der Waals surface area (Å²) in [6.45, 7) is 5.81. The highest BCUT2D eigenvalue weighted by Gasteiger charge is 2.29. The summed E-state index contributed by atoms with van der Waals surface area (Å²) in [4.78, 5) is 0.249. The molecule has 37 heavy (non-hydrogen) atoms. The van der Waals surface area contributed by atoms with Crippen molar-refractivity contribution >= 4 is 10.0 Å². The molecular formula is C31H36N2O3S. The number of sulfonamides is 1. The molecule has 2 N–H and O–H groups in total. The van der Waals surface area contributed by atoms with Crippen LogP contribution in [0, 0.1) is 6.92 Å². The van der Waals surface area contributed by atoms with Crippen LogP contribution in [0.4, 0.5) is 0 Å². The van der Waals surface area contributed by atoms with Gasteiger partial charge in [-0.3, -0.25) is 0 Å². The van der Waals surface area contributed by atoms with Crippen LogP contribution in [0.5, 0.6) is 0 Å². The van der Waals surface area contributed by atoms with Crippen LogP contribution < -0.4 is 10.0 Å². The molecule has 0 bridgehead atoms. The van der Waals surface area contributed by atoms with E-state index in [2.05, 4.69) is 29.1 Å². The van der Waals surface area contributed by atoms with Crippen LogP contribution in [0.1, 0.15) is 48.5 Å². The van der Waals surface area contributed by atoms with Crippen molar-refractivity contribution in [3.63, 3.8) is 0 Å². The van der Waals surface area contributed by atoms with Crippen LogP contribution >= 0.6 is 0 Å².